The van der Waals surface area contributed by atoms with Crippen LogP contribution in [0.25, 0.3) is 11.0 Å². The van der Waals surface area contributed by atoms with Crippen LogP contribution in [0.15, 0.2) is 36.8 Å². The number of nitrogens with one attached hydrogen (secondary N) is 3. The zero-order valence-corrected chi connectivity index (χ0v) is 16.6. The Morgan fingerprint density at radius 2 is 2.07 bits per heavy atom. The molecule has 1 aliphatic rings. The molecule has 0 spiro atoms. The predicted molar refractivity (Wildman–Crippen MR) is 112 cm³/mol. The van der Waals surface area contributed by atoms with E-state index >= 15 is 0 Å². The van der Waals surface area contributed by atoms with Crippen molar-refractivity contribution in [3.05, 3.63) is 46.8 Å². The van der Waals surface area contributed by atoms with Crippen LogP contribution in [-0.4, -0.2) is 46.5 Å². The molecular formula is C19H20Cl2N6O. The van der Waals surface area contributed by atoms with Crippen molar-refractivity contribution in [2.75, 3.05) is 29.9 Å². The van der Waals surface area contributed by atoms with Crippen molar-refractivity contribution >= 4 is 51.6 Å². The first-order valence-electron chi connectivity index (χ1n) is 9.11. The SMILES string of the molecule is O=C(CNc1cc(Cl)cc(Cl)c1)NC1CCCN(c2ncnc3[nH]ccc23)C1. The molecule has 3 N–H and O–H groups in total. The molecule has 1 amide bonds. The lowest BCUT2D eigenvalue weighted by atomic mass is 10.1. The van der Waals surface area contributed by atoms with Crippen LogP contribution >= 0.6 is 23.2 Å². The number of aromatic nitrogens is 3. The van der Waals surface area contributed by atoms with Crippen molar-refractivity contribution in [1.82, 2.24) is 20.3 Å². The van der Waals surface area contributed by atoms with Crippen LogP contribution in [0.3, 0.4) is 0 Å². The van der Waals surface area contributed by atoms with E-state index in [2.05, 4.69) is 30.5 Å². The van der Waals surface area contributed by atoms with Gasteiger partial charge in [0, 0.05) is 41.1 Å². The molecule has 7 nitrogen and oxygen atoms in total. The van der Waals surface area contributed by atoms with Gasteiger partial charge in [-0.15, -0.1) is 0 Å². The highest BCUT2D eigenvalue weighted by Crippen LogP contribution is 2.25. The van der Waals surface area contributed by atoms with Gasteiger partial charge in [0.2, 0.25) is 5.91 Å². The minimum absolute atomic E-state index is 0.0648. The molecule has 1 atom stereocenters. The third-order valence-electron chi connectivity index (χ3n) is 4.73. The van der Waals surface area contributed by atoms with Crippen LogP contribution in [0.4, 0.5) is 11.5 Å². The lowest BCUT2D eigenvalue weighted by Gasteiger charge is -2.34. The molecular weight excluding hydrogens is 399 g/mol. The number of hydrogen-bond donors (Lipinski definition) is 3. The average Bonchev–Trinajstić information content (AvgIpc) is 3.15. The number of hydrogen-bond acceptors (Lipinski definition) is 5. The van der Waals surface area contributed by atoms with Gasteiger partial charge < -0.3 is 20.5 Å². The van der Waals surface area contributed by atoms with Crippen LogP contribution < -0.4 is 15.5 Å². The number of nitrogens with zero attached hydrogens (tertiary/aromatic N) is 3. The van der Waals surface area contributed by atoms with Gasteiger partial charge in [-0.3, -0.25) is 4.79 Å². The van der Waals surface area contributed by atoms with Gasteiger partial charge in [0.1, 0.15) is 17.8 Å². The third-order valence-corrected chi connectivity index (χ3v) is 5.17. The Morgan fingerprint density at radius 3 is 2.89 bits per heavy atom. The quantitative estimate of drug-likeness (QED) is 0.590. The van der Waals surface area contributed by atoms with Crippen molar-refractivity contribution in [2.24, 2.45) is 0 Å². The number of benzene rings is 1. The summed E-state index contributed by atoms with van der Waals surface area (Å²) >= 11 is 12.0. The first kappa shape index (κ1) is 18.8. The Morgan fingerprint density at radius 1 is 1.25 bits per heavy atom. The molecule has 0 radical (unpaired) electrons. The van der Waals surface area contributed by atoms with Gasteiger partial charge in [0.25, 0.3) is 0 Å². The van der Waals surface area contributed by atoms with Crippen LogP contribution in [0, 0.1) is 0 Å². The molecule has 3 aromatic rings. The maximum atomic E-state index is 12.4. The summed E-state index contributed by atoms with van der Waals surface area (Å²) in [6.45, 7) is 1.78. The fourth-order valence-electron chi connectivity index (χ4n) is 3.51. The number of H-pyrrole nitrogens is 1. The second-order valence-corrected chi connectivity index (χ2v) is 7.67. The first-order valence-corrected chi connectivity index (χ1v) is 9.86. The largest absolute Gasteiger partial charge is 0.376 e. The molecule has 3 heterocycles. The number of amides is 1. The predicted octanol–water partition coefficient (Wildman–Crippen LogP) is 3.46. The van der Waals surface area contributed by atoms with Gasteiger partial charge in [-0.1, -0.05) is 23.2 Å². The second-order valence-electron chi connectivity index (χ2n) is 6.80. The van der Waals surface area contributed by atoms with Crippen molar-refractivity contribution in [3.63, 3.8) is 0 Å². The molecule has 2 aromatic heterocycles. The minimum Gasteiger partial charge on any atom is -0.376 e. The summed E-state index contributed by atoms with van der Waals surface area (Å²) < 4.78 is 0. The second kappa shape index (κ2) is 8.24. The molecule has 0 bridgehead atoms. The summed E-state index contributed by atoms with van der Waals surface area (Å²) in [6, 6.07) is 7.17. The lowest BCUT2D eigenvalue weighted by Crippen LogP contribution is -2.49. The molecule has 1 aliphatic heterocycles. The van der Waals surface area contributed by atoms with Gasteiger partial charge in [-0.2, -0.15) is 0 Å². The fraction of sp³-hybridized carbons (Fsp3) is 0.316. The number of aromatic amines is 1. The molecule has 4 rings (SSSR count). The van der Waals surface area contributed by atoms with E-state index in [1.807, 2.05) is 12.3 Å². The third kappa shape index (κ3) is 4.31. The summed E-state index contributed by atoms with van der Waals surface area (Å²) in [6.07, 6.45) is 5.35. The number of carbonyl (C=O) groups is 1. The summed E-state index contributed by atoms with van der Waals surface area (Å²) in [5.74, 6) is 0.828. The highest BCUT2D eigenvalue weighted by Gasteiger charge is 2.23. The van der Waals surface area contributed by atoms with Gasteiger partial charge in [-0.25, -0.2) is 9.97 Å². The van der Waals surface area contributed by atoms with E-state index in [0.717, 1.165) is 36.2 Å². The van der Waals surface area contributed by atoms with E-state index in [1.165, 1.54) is 0 Å². The maximum Gasteiger partial charge on any atom is 0.239 e. The van der Waals surface area contributed by atoms with E-state index < -0.39 is 0 Å². The molecule has 1 saturated heterocycles. The molecule has 1 unspecified atom stereocenters. The average molecular weight is 419 g/mol. The first-order chi connectivity index (χ1) is 13.6. The minimum atomic E-state index is -0.0718. The van der Waals surface area contributed by atoms with E-state index in [9.17, 15) is 4.79 Å². The normalized spacial score (nSPS) is 16.9. The Kier molecular flexibility index (Phi) is 5.54. The summed E-state index contributed by atoms with van der Waals surface area (Å²) in [5, 5.41) is 8.21. The van der Waals surface area contributed by atoms with Crippen molar-refractivity contribution in [3.8, 4) is 0 Å². The molecule has 0 aliphatic carbocycles. The van der Waals surface area contributed by atoms with E-state index in [-0.39, 0.29) is 18.5 Å². The van der Waals surface area contributed by atoms with Crippen molar-refractivity contribution in [1.29, 1.82) is 0 Å². The summed E-state index contributed by atoms with van der Waals surface area (Å²) in [5.41, 5.74) is 1.54. The number of fused-ring (bicyclic) bond motifs is 1. The fourth-order valence-corrected chi connectivity index (χ4v) is 4.04. The van der Waals surface area contributed by atoms with Crippen LogP contribution in [0.5, 0.6) is 0 Å². The number of piperidine rings is 1. The van der Waals surface area contributed by atoms with Crippen molar-refractivity contribution < 1.29 is 4.79 Å². The molecule has 9 heteroatoms. The van der Waals surface area contributed by atoms with Gasteiger partial charge >= 0.3 is 0 Å². The lowest BCUT2D eigenvalue weighted by molar-refractivity contribution is -0.120. The number of carbonyl (C=O) groups excluding carboxylic acids is 1. The number of halogens is 2. The van der Waals surface area contributed by atoms with Gasteiger partial charge in [-0.05, 0) is 37.1 Å². The topological polar surface area (TPSA) is 85.9 Å². The smallest absolute Gasteiger partial charge is 0.239 e. The Hall–Kier alpha value is -2.51. The Labute approximate surface area is 172 Å². The van der Waals surface area contributed by atoms with E-state index in [4.69, 9.17) is 23.2 Å². The standard InChI is InChI=1S/C19H20Cl2N6O/c20-12-6-13(21)8-15(7-12)23-9-17(28)26-14-2-1-5-27(10-14)19-16-3-4-22-18(16)24-11-25-19/h3-4,6-8,11,14,23H,1-2,5,9-10H2,(H,26,28)(H,22,24,25). The molecule has 1 aromatic carbocycles. The van der Waals surface area contributed by atoms with Gasteiger partial charge in [0.05, 0.1) is 11.9 Å². The Bertz CT molecular complexity index is 971. The van der Waals surface area contributed by atoms with Crippen LogP contribution in [0.1, 0.15) is 12.8 Å². The molecule has 146 valence electrons. The maximum absolute atomic E-state index is 12.4. The Balaban J connectivity index is 1.36. The van der Waals surface area contributed by atoms with Crippen molar-refractivity contribution in [2.45, 2.75) is 18.9 Å². The van der Waals surface area contributed by atoms with Gasteiger partial charge in [0.15, 0.2) is 0 Å². The zero-order chi connectivity index (χ0) is 19.5. The van der Waals surface area contributed by atoms with Crippen LogP contribution in [0.2, 0.25) is 10.0 Å². The monoisotopic (exact) mass is 418 g/mol. The molecule has 28 heavy (non-hydrogen) atoms. The van der Waals surface area contributed by atoms with E-state index in [0.29, 0.717) is 22.3 Å². The molecule has 1 fully saturated rings. The summed E-state index contributed by atoms with van der Waals surface area (Å²) in [4.78, 5) is 26.4. The van der Waals surface area contributed by atoms with E-state index in [1.54, 1.807) is 24.5 Å². The van der Waals surface area contributed by atoms with Crippen LogP contribution in [-0.2, 0) is 4.79 Å². The number of anilines is 2. The number of rotatable bonds is 5. The summed E-state index contributed by atoms with van der Waals surface area (Å²) in [7, 11) is 0. The molecule has 0 saturated carbocycles. The highest BCUT2D eigenvalue weighted by molar-refractivity contribution is 6.35. The highest BCUT2D eigenvalue weighted by atomic mass is 35.5. The zero-order valence-electron chi connectivity index (χ0n) is 15.1.